The summed E-state index contributed by atoms with van der Waals surface area (Å²) < 4.78 is 5.65. The van der Waals surface area contributed by atoms with Gasteiger partial charge in [-0.2, -0.15) is 0 Å². The van der Waals surface area contributed by atoms with Gasteiger partial charge in [0.05, 0.1) is 11.8 Å². The van der Waals surface area contributed by atoms with Gasteiger partial charge in [0.15, 0.2) is 0 Å². The minimum Gasteiger partial charge on any atom is -0.460 e. The number of hydrazine groups is 1. The summed E-state index contributed by atoms with van der Waals surface area (Å²) >= 11 is 0. The number of amides is 1. The number of hydrogen-bond donors (Lipinski definition) is 2. The zero-order valence-corrected chi connectivity index (χ0v) is 19.5. The van der Waals surface area contributed by atoms with E-state index in [0.29, 0.717) is 18.9 Å². The van der Waals surface area contributed by atoms with Crippen LogP contribution in [0.25, 0.3) is 0 Å². The van der Waals surface area contributed by atoms with Crippen LogP contribution < -0.4 is 10.9 Å². The van der Waals surface area contributed by atoms with Crippen molar-refractivity contribution in [1.29, 1.82) is 0 Å². The van der Waals surface area contributed by atoms with E-state index >= 15 is 0 Å². The molecule has 1 aromatic rings. The van der Waals surface area contributed by atoms with Crippen molar-refractivity contribution in [3.63, 3.8) is 0 Å². The van der Waals surface area contributed by atoms with Gasteiger partial charge in [0.1, 0.15) is 5.60 Å². The van der Waals surface area contributed by atoms with Crippen LogP contribution >= 0.6 is 0 Å². The Bertz CT molecular complexity index is 724. The number of carbonyl (C=O) groups is 2. The van der Waals surface area contributed by atoms with Gasteiger partial charge >= 0.3 is 5.97 Å². The minimum atomic E-state index is -0.635. The van der Waals surface area contributed by atoms with Crippen LogP contribution in [0.4, 0.5) is 0 Å². The number of rotatable bonds is 9. The number of nitrogens with one attached hydrogen (secondary N) is 2. The van der Waals surface area contributed by atoms with Crippen molar-refractivity contribution < 1.29 is 14.3 Å². The van der Waals surface area contributed by atoms with Crippen molar-refractivity contribution >= 4 is 11.9 Å². The molecule has 0 bridgehead atoms. The van der Waals surface area contributed by atoms with Crippen LogP contribution in [0.15, 0.2) is 30.3 Å². The number of ether oxygens (including phenoxy) is 1. The highest BCUT2D eigenvalue weighted by Gasteiger charge is 2.36. The maximum atomic E-state index is 13.0. The summed E-state index contributed by atoms with van der Waals surface area (Å²) in [7, 11) is 0. The van der Waals surface area contributed by atoms with E-state index in [1.54, 1.807) is 0 Å². The maximum absolute atomic E-state index is 13.0. The van der Waals surface area contributed by atoms with Crippen LogP contribution in [-0.2, 0) is 14.3 Å². The van der Waals surface area contributed by atoms with Crippen molar-refractivity contribution in [3.8, 4) is 11.8 Å². The summed E-state index contributed by atoms with van der Waals surface area (Å²) in [5.41, 5.74) is 6.01. The number of esters is 1. The lowest BCUT2D eigenvalue weighted by Gasteiger charge is -2.28. The zero-order chi connectivity index (χ0) is 22.7. The van der Waals surface area contributed by atoms with E-state index < -0.39 is 17.4 Å². The highest BCUT2D eigenvalue weighted by atomic mass is 16.6. The van der Waals surface area contributed by atoms with Crippen molar-refractivity contribution in [3.05, 3.63) is 35.9 Å². The minimum absolute atomic E-state index is 0.193. The lowest BCUT2D eigenvalue weighted by molar-refractivity contribution is -0.164. The quantitative estimate of drug-likeness (QED) is 0.359. The van der Waals surface area contributed by atoms with Crippen molar-refractivity contribution in [2.45, 2.75) is 66.9 Å². The van der Waals surface area contributed by atoms with Gasteiger partial charge in [0.25, 0.3) is 0 Å². The first-order chi connectivity index (χ1) is 14.0. The lowest BCUT2D eigenvalue weighted by atomic mass is 9.82. The molecule has 1 amide bonds. The van der Waals surface area contributed by atoms with E-state index in [2.05, 4.69) is 36.5 Å². The molecule has 0 aromatic heterocycles. The standard InChI is InChI=1S/C25H38N2O3/c1-18(2)16-22(23(28)27-26-17-19(3)4)21(24(29)30-25(5,6)7)15-11-14-20-12-9-8-10-13-20/h8-10,12-13,18-19,21-22,26H,15-17H2,1-7H3,(H,27,28)/t21-,22+/m0/s1. The first-order valence-electron chi connectivity index (χ1n) is 10.8. The Hall–Kier alpha value is -2.32. The fourth-order valence-electron chi connectivity index (χ4n) is 2.95. The first-order valence-corrected chi connectivity index (χ1v) is 10.8. The van der Waals surface area contributed by atoms with Crippen molar-refractivity contribution in [2.75, 3.05) is 6.54 Å². The molecule has 0 aliphatic heterocycles. The molecule has 1 rings (SSSR count). The van der Waals surface area contributed by atoms with E-state index in [0.717, 1.165) is 5.56 Å². The third kappa shape index (κ3) is 10.5. The largest absolute Gasteiger partial charge is 0.460 e. The summed E-state index contributed by atoms with van der Waals surface area (Å²) in [6, 6.07) is 9.62. The normalized spacial score (nSPS) is 13.4. The van der Waals surface area contributed by atoms with Crippen molar-refractivity contribution in [2.24, 2.45) is 23.7 Å². The maximum Gasteiger partial charge on any atom is 0.311 e. The number of hydrogen-bond acceptors (Lipinski definition) is 4. The molecule has 2 N–H and O–H groups in total. The molecular formula is C25H38N2O3. The van der Waals surface area contributed by atoms with Gasteiger partial charge in [-0.3, -0.25) is 15.0 Å². The Kier molecular flexibility index (Phi) is 10.6. The molecule has 0 heterocycles. The third-order valence-corrected chi connectivity index (χ3v) is 4.31. The van der Waals surface area contributed by atoms with Crippen LogP contribution in [0.5, 0.6) is 0 Å². The Labute approximate surface area is 182 Å². The summed E-state index contributed by atoms with van der Waals surface area (Å²) in [5, 5.41) is 0. The van der Waals surface area contributed by atoms with Gasteiger partial charge in [0.2, 0.25) is 5.91 Å². The van der Waals surface area contributed by atoms with E-state index in [4.69, 9.17) is 4.74 Å². The molecule has 0 spiro atoms. The molecule has 166 valence electrons. The Morgan fingerprint density at radius 3 is 2.17 bits per heavy atom. The Balaban J connectivity index is 3.09. The molecule has 30 heavy (non-hydrogen) atoms. The average molecular weight is 415 g/mol. The molecule has 0 radical (unpaired) electrons. The summed E-state index contributed by atoms with van der Waals surface area (Å²) in [6.45, 7) is 14.4. The van der Waals surface area contributed by atoms with Crippen LogP contribution in [-0.4, -0.2) is 24.0 Å². The fraction of sp³-hybridized carbons (Fsp3) is 0.600. The van der Waals surface area contributed by atoms with Gasteiger partial charge in [-0.15, -0.1) is 0 Å². The molecule has 0 unspecified atom stereocenters. The lowest BCUT2D eigenvalue weighted by Crippen LogP contribution is -2.47. The predicted molar refractivity (Wildman–Crippen MR) is 121 cm³/mol. The van der Waals surface area contributed by atoms with Gasteiger partial charge in [0, 0.05) is 18.5 Å². The molecule has 5 nitrogen and oxygen atoms in total. The third-order valence-electron chi connectivity index (χ3n) is 4.31. The van der Waals surface area contributed by atoms with E-state index in [1.807, 2.05) is 65.0 Å². The van der Waals surface area contributed by atoms with Gasteiger partial charge < -0.3 is 4.74 Å². The Morgan fingerprint density at radius 1 is 1.00 bits per heavy atom. The topological polar surface area (TPSA) is 67.4 Å². The second kappa shape index (κ2) is 12.4. The van der Waals surface area contributed by atoms with E-state index in [-0.39, 0.29) is 24.2 Å². The molecule has 1 aromatic carbocycles. The van der Waals surface area contributed by atoms with E-state index in [1.165, 1.54) is 0 Å². The zero-order valence-electron chi connectivity index (χ0n) is 19.5. The Morgan fingerprint density at radius 2 is 1.63 bits per heavy atom. The predicted octanol–water partition coefficient (Wildman–Crippen LogP) is 4.33. The van der Waals surface area contributed by atoms with Gasteiger partial charge in [-0.1, -0.05) is 57.7 Å². The van der Waals surface area contributed by atoms with Crippen LogP contribution in [0.2, 0.25) is 0 Å². The smallest absolute Gasteiger partial charge is 0.311 e. The van der Waals surface area contributed by atoms with E-state index in [9.17, 15) is 9.59 Å². The second-order valence-corrected chi connectivity index (χ2v) is 9.51. The molecule has 0 saturated heterocycles. The number of carbonyl (C=O) groups excluding carboxylic acids is 2. The summed E-state index contributed by atoms with van der Waals surface area (Å²) in [6.07, 6.45) is 0.838. The number of benzene rings is 1. The second-order valence-electron chi connectivity index (χ2n) is 9.51. The highest BCUT2D eigenvalue weighted by molar-refractivity contribution is 5.85. The first kappa shape index (κ1) is 25.7. The molecule has 2 atom stereocenters. The summed E-state index contributed by atoms with van der Waals surface area (Å²) in [4.78, 5) is 26.0. The SMILES string of the molecule is CC(C)CNNC(=O)[C@H](CC(C)C)[C@H](CC#Cc1ccccc1)C(=O)OC(C)(C)C. The van der Waals surface area contributed by atoms with Crippen LogP contribution in [0.1, 0.15) is 66.9 Å². The summed E-state index contributed by atoms with van der Waals surface area (Å²) in [5.74, 6) is 5.10. The van der Waals surface area contributed by atoms with Crippen LogP contribution in [0.3, 0.4) is 0 Å². The average Bonchev–Trinajstić information content (AvgIpc) is 2.62. The highest BCUT2D eigenvalue weighted by Crippen LogP contribution is 2.27. The molecule has 5 heteroatoms. The molecular weight excluding hydrogens is 376 g/mol. The molecule has 0 saturated carbocycles. The van der Waals surface area contributed by atoms with Crippen molar-refractivity contribution in [1.82, 2.24) is 10.9 Å². The van der Waals surface area contributed by atoms with Crippen LogP contribution in [0, 0.1) is 35.5 Å². The molecule has 0 aliphatic carbocycles. The fourth-order valence-corrected chi connectivity index (χ4v) is 2.95. The molecule has 0 fully saturated rings. The van der Waals surface area contributed by atoms with Gasteiger partial charge in [-0.25, -0.2) is 5.43 Å². The molecule has 0 aliphatic rings. The monoisotopic (exact) mass is 414 g/mol. The van der Waals surface area contributed by atoms with Gasteiger partial charge in [-0.05, 0) is 51.2 Å².